The quantitative estimate of drug-likeness (QED) is 0.513. The van der Waals surface area contributed by atoms with Gasteiger partial charge in [-0.15, -0.1) is 22.0 Å². The highest BCUT2D eigenvalue weighted by Gasteiger charge is 2.12. The number of hydrogen-bond acceptors (Lipinski definition) is 6. The van der Waals surface area contributed by atoms with Gasteiger partial charge in [0.2, 0.25) is 5.91 Å². The predicted molar refractivity (Wildman–Crippen MR) is 120 cm³/mol. The standard InChI is InChI=1S/C21H24N4O2S2/c1-15-4-6-16(7-5-15)12-28-13-19-23-24-21(25(19)2)29-14-20(26)22-17-8-10-18(27-3)11-9-17/h4-11H,12-14H2,1-3H3,(H,22,26). The maximum absolute atomic E-state index is 12.2. The Hall–Kier alpha value is -2.45. The molecule has 0 aliphatic carbocycles. The van der Waals surface area contributed by atoms with Crippen LogP contribution in [0.25, 0.3) is 0 Å². The van der Waals surface area contributed by atoms with Crippen LogP contribution in [0.1, 0.15) is 17.0 Å². The molecule has 3 rings (SSSR count). The number of carbonyl (C=O) groups is 1. The van der Waals surface area contributed by atoms with Crippen molar-refractivity contribution in [2.45, 2.75) is 23.6 Å². The molecule has 0 atom stereocenters. The number of thioether (sulfide) groups is 2. The Morgan fingerprint density at radius 3 is 2.48 bits per heavy atom. The lowest BCUT2D eigenvalue weighted by Crippen LogP contribution is -2.14. The minimum absolute atomic E-state index is 0.0848. The van der Waals surface area contributed by atoms with Gasteiger partial charge in [-0.3, -0.25) is 4.79 Å². The van der Waals surface area contributed by atoms with Crippen molar-refractivity contribution in [2.24, 2.45) is 7.05 Å². The van der Waals surface area contributed by atoms with Crippen LogP contribution in [0.15, 0.2) is 53.7 Å². The lowest BCUT2D eigenvalue weighted by atomic mass is 10.2. The highest BCUT2D eigenvalue weighted by atomic mass is 32.2. The number of aromatic nitrogens is 3. The summed E-state index contributed by atoms with van der Waals surface area (Å²) < 4.78 is 7.07. The molecule has 1 N–H and O–H groups in total. The Morgan fingerprint density at radius 1 is 1.07 bits per heavy atom. The molecule has 0 radical (unpaired) electrons. The van der Waals surface area contributed by atoms with E-state index in [9.17, 15) is 4.79 Å². The van der Waals surface area contributed by atoms with E-state index < -0.39 is 0 Å². The van der Waals surface area contributed by atoms with E-state index in [0.717, 1.165) is 33.9 Å². The maximum Gasteiger partial charge on any atom is 0.234 e. The molecule has 0 aliphatic rings. The summed E-state index contributed by atoms with van der Waals surface area (Å²) in [5, 5.41) is 12.1. The fourth-order valence-corrected chi connectivity index (χ4v) is 4.24. The molecule has 29 heavy (non-hydrogen) atoms. The van der Waals surface area contributed by atoms with E-state index in [2.05, 4.69) is 46.7 Å². The summed E-state index contributed by atoms with van der Waals surface area (Å²) >= 11 is 3.18. The number of nitrogens with one attached hydrogen (secondary N) is 1. The summed E-state index contributed by atoms with van der Waals surface area (Å²) in [6.45, 7) is 2.09. The van der Waals surface area contributed by atoms with Gasteiger partial charge in [0.25, 0.3) is 0 Å². The van der Waals surface area contributed by atoms with Gasteiger partial charge in [-0.05, 0) is 36.8 Å². The summed E-state index contributed by atoms with van der Waals surface area (Å²) in [6, 6.07) is 15.8. The number of ether oxygens (including phenoxy) is 1. The van der Waals surface area contributed by atoms with Crippen molar-refractivity contribution in [3.05, 3.63) is 65.5 Å². The monoisotopic (exact) mass is 428 g/mol. The highest BCUT2D eigenvalue weighted by molar-refractivity contribution is 7.99. The van der Waals surface area contributed by atoms with E-state index in [0.29, 0.717) is 0 Å². The molecule has 152 valence electrons. The van der Waals surface area contributed by atoms with Crippen LogP contribution in [0.2, 0.25) is 0 Å². The molecule has 0 spiro atoms. The second-order valence-electron chi connectivity index (χ2n) is 6.50. The first-order valence-corrected chi connectivity index (χ1v) is 11.3. The third-order valence-corrected chi connectivity index (χ3v) is 6.27. The van der Waals surface area contributed by atoms with Gasteiger partial charge in [0.1, 0.15) is 11.6 Å². The summed E-state index contributed by atoms with van der Waals surface area (Å²) in [7, 11) is 3.55. The Balaban J connectivity index is 1.45. The normalized spacial score (nSPS) is 10.7. The topological polar surface area (TPSA) is 69.0 Å². The molecule has 1 aromatic heterocycles. The molecule has 6 nitrogen and oxygen atoms in total. The van der Waals surface area contributed by atoms with Gasteiger partial charge in [0, 0.05) is 18.5 Å². The van der Waals surface area contributed by atoms with Gasteiger partial charge >= 0.3 is 0 Å². The van der Waals surface area contributed by atoms with Crippen LogP contribution < -0.4 is 10.1 Å². The third-order valence-electron chi connectivity index (χ3n) is 4.25. The van der Waals surface area contributed by atoms with Crippen molar-refractivity contribution >= 4 is 35.1 Å². The lowest BCUT2D eigenvalue weighted by molar-refractivity contribution is -0.113. The smallest absolute Gasteiger partial charge is 0.234 e. The van der Waals surface area contributed by atoms with Crippen LogP contribution in [-0.4, -0.2) is 33.5 Å². The molecule has 0 saturated heterocycles. The van der Waals surface area contributed by atoms with Crippen LogP contribution in [0.5, 0.6) is 5.75 Å². The summed E-state index contributed by atoms with van der Waals surface area (Å²) in [4.78, 5) is 12.2. The average molecular weight is 429 g/mol. The van der Waals surface area contributed by atoms with E-state index in [1.54, 1.807) is 18.9 Å². The molecule has 0 saturated carbocycles. The van der Waals surface area contributed by atoms with Crippen molar-refractivity contribution in [3.63, 3.8) is 0 Å². The largest absolute Gasteiger partial charge is 0.497 e. The number of rotatable bonds is 9. The first-order chi connectivity index (χ1) is 14.0. The molecule has 0 bridgehead atoms. The number of hydrogen-bond donors (Lipinski definition) is 1. The summed E-state index contributed by atoms with van der Waals surface area (Å²) in [5.74, 6) is 3.55. The maximum atomic E-state index is 12.2. The van der Waals surface area contributed by atoms with Crippen molar-refractivity contribution in [1.29, 1.82) is 0 Å². The first-order valence-electron chi connectivity index (χ1n) is 9.13. The molecule has 8 heteroatoms. The third kappa shape index (κ3) is 6.27. The van der Waals surface area contributed by atoms with Crippen LogP contribution in [-0.2, 0) is 23.3 Å². The van der Waals surface area contributed by atoms with Crippen molar-refractivity contribution in [3.8, 4) is 5.75 Å². The molecule has 0 unspecified atom stereocenters. The summed E-state index contributed by atoms with van der Waals surface area (Å²) in [6.07, 6.45) is 0. The van der Waals surface area contributed by atoms with Gasteiger partial charge in [-0.25, -0.2) is 0 Å². The van der Waals surface area contributed by atoms with E-state index in [1.165, 1.54) is 22.9 Å². The van der Waals surface area contributed by atoms with E-state index in [4.69, 9.17) is 4.74 Å². The lowest BCUT2D eigenvalue weighted by Gasteiger charge is -2.07. The SMILES string of the molecule is COc1ccc(NC(=O)CSc2nnc(CSCc3ccc(C)cc3)n2C)cc1. The number of methoxy groups -OCH3 is 1. The fourth-order valence-electron chi connectivity index (χ4n) is 2.54. The van der Waals surface area contributed by atoms with Crippen LogP contribution in [0.4, 0.5) is 5.69 Å². The Morgan fingerprint density at radius 2 is 1.79 bits per heavy atom. The first kappa shape index (κ1) is 21.3. The number of aryl methyl sites for hydroxylation is 1. The van der Waals surface area contributed by atoms with Crippen LogP contribution in [0.3, 0.4) is 0 Å². The van der Waals surface area contributed by atoms with Crippen molar-refractivity contribution in [1.82, 2.24) is 14.8 Å². The zero-order valence-electron chi connectivity index (χ0n) is 16.7. The van der Waals surface area contributed by atoms with Gasteiger partial charge in [-0.2, -0.15) is 0 Å². The molecule has 0 fully saturated rings. The van der Waals surface area contributed by atoms with Gasteiger partial charge in [0.15, 0.2) is 5.16 Å². The zero-order valence-corrected chi connectivity index (χ0v) is 18.3. The zero-order chi connectivity index (χ0) is 20.6. The predicted octanol–water partition coefficient (Wildman–Crippen LogP) is 4.30. The number of amides is 1. The van der Waals surface area contributed by atoms with E-state index in [1.807, 2.05) is 35.9 Å². The molecule has 3 aromatic rings. The molecule has 1 amide bonds. The van der Waals surface area contributed by atoms with Crippen molar-refractivity contribution in [2.75, 3.05) is 18.2 Å². The minimum Gasteiger partial charge on any atom is -0.497 e. The Kier molecular flexibility index (Phi) is 7.60. The number of anilines is 1. The van der Waals surface area contributed by atoms with Gasteiger partial charge < -0.3 is 14.6 Å². The number of nitrogens with zero attached hydrogens (tertiary/aromatic N) is 3. The summed E-state index contributed by atoms with van der Waals surface area (Å²) in [5.41, 5.74) is 3.31. The van der Waals surface area contributed by atoms with Crippen molar-refractivity contribution < 1.29 is 9.53 Å². The second kappa shape index (κ2) is 10.4. The molecular weight excluding hydrogens is 404 g/mol. The molecule has 0 aliphatic heterocycles. The van der Waals surface area contributed by atoms with Gasteiger partial charge in [-0.1, -0.05) is 41.6 Å². The van der Waals surface area contributed by atoms with E-state index in [-0.39, 0.29) is 11.7 Å². The Bertz CT molecular complexity index is 940. The average Bonchev–Trinajstić information content (AvgIpc) is 3.08. The molecule has 2 aromatic carbocycles. The number of carbonyl (C=O) groups excluding carboxylic acids is 1. The molecule has 1 heterocycles. The van der Waals surface area contributed by atoms with Gasteiger partial charge in [0.05, 0.1) is 18.6 Å². The van der Waals surface area contributed by atoms with Crippen LogP contribution in [0, 0.1) is 6.92 Å². The fraction of sp³-hybridized carbons (Fsp3) is 0.286. The molecular formula is C21H24N4O2S2. The number of benzene rings is 2. The highest BCUT2D eigenvalue weighted by Crippen LogP contribution is 2.21. The Labute approximate surface area is 179 Å². The second-order valence-corrected chi connectivity index (χ2v) is 8.43. The van der Waals surface area contributed by atoms with E-state index >= 15 is 0 Å². The van der Waals surface area contributed by atoms with Crippen LogP contribution >= 0.6 is 23.5 Å². The minimum atomic E-state index is -0.0848.